The number of unbranched alkanes of at least 4 members (excludes halogenated alkanes) is 28. The Morgan fingerprint density at radius 2 is 0.478 bits per heavy atom. The van der Waals surface area contributed by atoms with Crippen molar-refractivity contribution in [1.29, 1.82) is 0 Å². The molecule has 0 aliphatic rings. The van der Waals surface area contributed by atoms with Crippen LogP contribution in [0.3, 0.4) is 0 Å². The predicted molar refractivity (Wildman–Crippen MR) is 296 cm³/mol. The molecule has 0 heterocycles. The highest BCUT2D eigenvalue weighted by Gasteiger charge is 2.45. The first kappa shape index (κ1) is 66.8. The van der Waals surface area contributed by atoms with Gasteiger partial charge in [-0.1, -0.05) is 248 Å². The van der Waals surface area contributed by atoms with Gasteiger partial charge < -0.3 is 23.7 Å². The van der Waals surface area contributed by atoms with Crippen molar-refractivity contribution >= 4 is 0 Å². The maximum Gasteiger partial charge on any atom is 0.172 e. The van der Waals surface area contributed by atoms with E-state index in [1.165, 1.54) is 218 Å². The molecule has 0 aliphatic heterocycles. The molecule has 0 fully saturated rings. The smallest absolute Gasteiger partial charge is 0.172 e. The number of ether oxygens (including phenoxy) is 5. The third kappa shape index (κ3) is 42.1. The van der Waals surface area contributed by atoms with Crippen molar-refractivity contribution in [1.82, 2.24) is 0 Å². The van der Waals surface area contributed by atoms with Gasteiger partial charge in [-0.2, -0.15) is 0 Å². The summed E-state index contributed by atoms with van der Waals surface area (Å²) in [5, 5.41) is 0. The van der Waals surface area contributed by atoms with Gasteiger partial charge in [0.2, 0.25) is 0 Å². The summed E-state index contributed by atoms with van der Waals surface area (Å²) in [5.41, 5.74) is 0. The van der Waals surface area contributed by atoms with Crippen LogP contribution < -0.4 is 0 Å². The van der Waals surface area contributed by atoms with Crippen molar-refractivity contribution in [2.24, 2.45) is 0 Å². The molecule has 4 atom stereocenters. The molecule has 0 saturated heterocycles. The second kappa shape index (κ2) is 52.1. The van der Waals surface area contributed by atoms with Gasteiger partial charge in [0, 0.05) is 52.1 Å². The van der Waals surface area contributed by atoms with Gasteiger partial charge in [-0.15, -0.1) is 0 Å². The average Bonchev–Trinajstić information content (AvgIpc) is 3.32. The normalized spacial score (nSPS) is 14.7. The molecule has 0 spiro atoms. The second-order valence-corrected chi connectivity index (χ2v) is 21.4. The van der Waals surface area contributed by atoms with Crippen LogP contribution in [0.4, 0.5) is 0 Å². The van der Waals surface area contributed by atoms with Gasteiger partial charge in [-0.05, 0) is 77.0 Å². The lowest BCUT2D eigenvalue weighted by Gasteiger charge is -2.47. The van der Waals surface area contributed by atoms with Gasteiger partial charge in [-0.3, -0.25) is 0 Å². The van der Waals surface area contributed by atoms with E-state index >= 15 is 0 Å². The minimum atomic E-state index is -0.614. The van der Waals surface area contributed by atoms with Crippen molar-refractivity contribution in [3.05, 3.63) is 0 Å². The zero-order valence-corrected chi connectivity index (χ0v) is 47.6. The lowest BCUT2D eigenvalue weighted by molar-refractivity contribution is -0.387. The van der Waals surface area contributed by atoms with Crippen LogP contribution in [0.2, 0.25) is 0 Å². The van der Waals surface area contributed by atoms with Gasteiger partial charge >= 0.3 is 0 Å². The highest BCUT2D eigenvalue weighted by atomic mass is 16.8. The zero-order valence-electron chi connectivity index (χ0n) is 47.6. The van der Waals surface area contributed by atoms with Crippen LogP contribution in [-0.2, 0) is 23.7 Å². The first-order chi connectivity index (χ1) is 32.9. The van der Waals surface area contributed by atoms with E-state index in [1.807, 2.05) is 0 Å². The summed E-state index contributed by atoms with van der Waals surface area (Å²) >= 11 is 0. The van der Waals surface area contributed by atoms with Crippen LogP contribution in [0.25, 0.3) is 0 Å². The monoisotopic (exact) mass is 951 g/mol. The second-order valence-electron chi connectivity index (χ2n) is 21.4. The summed E-state index contributed by atoms with van der Waals surface area (Å²) in [6.07, 6.45) is 56.7. The van der Waals surface area contributed by atoms with Gasteiger partial charge in [0.25, 0.3) is 0 Å². The minimum absolute atomic E-state index is 0.240. The Hall–Kier alpha value is -0.200. The fourth-order valence-corrected chi connectivity index (χ4v) is 10.2. The molecule has 0 rings (SSSR count). The Morgan fingerprint density at radius 3 is 0.761 bits per heavy atom. The van der Waals surface area contributed by atoms with E-state index in [0.29, 0.717) is 0 Å². The first-order valence-electron chi connectivity index (χ1n) is 31.1. The van der Waals surface area contributed by atoms with E-state index in [4.69, 9.17) is 23.7 Å². The van der Waals surface area contributed by atoms with Gasteiger partial charge in [0.05, 0.1) is 12.2 Å². The Morgan fingerprint density at radius 1 is 0.239 bits per heavy atom. The van der Waals surface area contributed by atoms with Crippen molar-refractivity contribution in [3.63, 3.8) is 0 Å². The van der Waals surface area contributed by atoms with Crippen LogP contribution in [0.5, 0.6) is 0 Å². The molecule has 0 N–H and O–H groups in total. The minimum Gasteiger partial charge on any atom is -0.381 e. The quantitative estimate of drug-likeness (QED) is 0.0449. The molecule has 0 radical (unpaired) electrons. The average molecular weight is 952 g/mol. The SMILES string of the molecule is CCCCCCCOCCCCCCCC(CCCCCC)(OC(CCC)CCCCCC)OC(CCCCCC)(CCCCCCCOCCCCCCC)OC(CCC)CCCCCC. The van der Waals surface area contributed by atoms with Crippen molar-refractivity contribution in [2.45, 2.75) is 375 Å². The molecule has 5 heteroatoms. The maximum absolute atomic E-state index is 8.12. The Balaban J connectivity index is 6.65. The maximum atomic E-state index is 8.12. The molecule has 404 valence electrons. The Bertz CT molecular complexity index is 857. The lowest BCUT2D eigenvalue weighted by Crippen LogP contribution is -2.51. The largest absolute Gasteiger partial charge is 0.381 e. The molecule has 5 nitrogen and oxygen atoms in total. The van der Waals surface area contributed by atoms with Crippen molar-refractivity contribution in [3.8, 4) is 0 Å². The van der Waals surface area contributed by atoms with E-state index < -0.39 is 11.6 Å². The van der Waals surface area contributed by atoms with E-state index in [1.54, 1.807) is 0 Å². The highest BCUT2D eigenvalue weighted by Crippen LogP contribution is 2.42. The summed E-state index contributed by atoms with van der Waals surface area (Å²) in [6.45, 7) is 22.4. The van der Waals surface area contributed by atoms with Crippen LogP contribution >= 0.6 is 0 Å². The summed E-state index contributed by atoms with van der Waals surface area (Å²) in [4.78, 5) is 0. The molecule has 0 aromatic carbocycles. The molecule has 0 amide bonds. The van der Waals surface area contributed by atoms with E-state index in [9.17, 15) is 0 Å². The Kier molecular flexibility index (Phi) is 52.0. The number of rotatable bonds is 58. The molecule has 67 heavy (non-hydrogen) atoms. The summed E-state index contributed by atoms with van der Waals surface area (Å²) in [6, 6.07) is 0. The third-order valence-corrected chi connectivity index (χ3v) is 14.4. The van der Waals surface area contributed by atoms with Crippen LogP contribution in [0.15, 0.2) is 0 Å². The van der Waals surface area contributed by atoms with Gasteiger partial charge in [-0.25, -0.2) is 0 Å². The van der Waals surface area contributed by atoms with E-state index in [0.717, 1.165) is 103 Å². The van der Waals surface area contributed by atoms with Crippen molar-refractivity contribution < 1.29 is 23.7 Å². The molecule has 4 unspecified atom stereocenters. The summed E-state index contributed by atoms with van der Waals surface area (Å²) < 4.78 is 35.8. The topological polar surface area (TPSA) is 46.2 Å². The first-order valence-corrected chi connectivity index (χ1v) is 31.1. The standard InChI is InChI=1S/C62H126O5/c1-9-17-23-33-43-55-63-57-45-35-29-31-41-53-61(51-39-27-21-13-5,65-59(47-15-7)49-37-25-19-11-3)67-62(52-40-28-22-14-6,66-60(48-16-8)50-38-26-20-12-4)54-42-32-30-36-46-58-64-56-44-34-24-18-10-2/h59-60H,9-58H2,1-8H3. The zero-order chi connectivity index (χ0) is 49.0. The Labute approximate surface area is 423 Å². The van der Waals surface area contributed by atoms with Gasteiger partial charge in [0.15, 0.2) is 11.6 Å². The molecule has 0 bridgehead atoms. The van der Waals surface area contributed by atoms with Crippen molar-refractivity contribution in [2.75, 3.05) is 26.4 Å². The lowest BCUT2D eigenvalue weighted by atomic mass is 9.94. The summed E-state index contributed by atoms with van der Waals surface area (Å²) in [5.74, 6) is -1.23. The third-order valence-electron chi connectivity index (χ3n) is 14.4. The number of hydrogen-bond donors (Lipinski definition) is 0. The fourth-order valence-electron chi connectivity index (χ4n) is 10.2. The van der Waals surface area contributed by atoms with Crippen LogP contribution in [0, 0.1) is 0 Å². The van der Waals surface area contributed by atoms with E-state index in [2.05, 4.69) is 55.4 Å². The van der Waals surface area contributed by atoms with Crippen LogP contribution in [0.1, 0.15) is 351 Å². The highest BCUT2D eigenvalue weighted by molar-refractivity contribution is 4.83. The fraction of sp³-hybridized carbons (Fsp3) is 1.00. The molecule has 0 aromatic heterocycles. The molecule has 0 aromatic rings. The van der Waals surface area contributed by atoms with Gasteiger partial charge in [0.1, 0.15) is 0 Å². The summed E-state index contributed by atoms with van der Waals surface area (Å²) in [7, 11) is 0. The molecular formula is C62H126O5. The van der Waals surface area contributed by atoms with E-state index in [-0.39, 0.29) is 12.2 Å². The molecular weight excluding hydrogens is 825 g/mol. The van der Waals surface area contributed by atoms with Crippen LogP contribution in [-0.4, -0.2) is 50.2 Å². The predicted octanol–water partition coefficient (Wildman–Crippen LogP) is 21.3. The number of hydrogen-bond acceptors (Lipinski definition) is 5. The molecule has 0 saturated carbocycles. The molecule has 0 aliphatic carbocycles.